The summed E-state index contributed by atoms with van der Waals surface area (Å²) in [6.07, 6.45) is 19.8. The number of rotatable bonds is 16. The fourth-order valence-electron chi connectivity index (χ4n) is 2.81. The molecule has 0 rings (SSSR count). The summed E-state index contributed by atoms with van der Waals surface area (Å²) in [5.74, 6) is 0. The van der Waals surface area contributed by atoms with Crippen molar-refractivity contribution in [3.05, 3.63) is 0 Å². The first-order valence-corrected chi connectivity index (χ1v) is 9.62. The van der Waals surface area contributed by atoms with Gasteiger partial charge in [-0.25, -0.2) is 0 Å². The average molecular weight is 300 g/mol. The molecule has 2 heteroatoms. The van der Waals surface area contributed by atoms with Crippen molar-refractivity contribution in [2.75, 3.05) is 0 Å². The lowest BCUT2D eigenvalue weighted by Crippen LogP contribution is -2.31. The zero-order chi connectivity index (χ0) is 15.8. The second-order valence-electron chi connectivity index (χ2n) is 6.81. The molecule has 0 aliphatic heterocycles. The minimum atomic E-state index is -0.303. The van der Waals surface area contributed by atoms with Crippen LogP contribution < -0.4 is 5.73 Å². The van der Waals surface area contributed by atoms with Crippen molar-refractivity contribution in [3.8, 4) is 0 Å². The smallest absolute Gasteiger partial charge is 0.0688 e. The van der Waals surface area contributed by atoms with E-state index in [0.717, 1.165) is 12.8 Å². The van der Waals surface area contributed by atoms with E-state index in [2.05, 4.69) is 6.92 Å². The lowest BCUT2D eigenvalue weighted by Gasteiger charge is -2.13. The molecule has 0 fully saturated rings. The zero-order valence-corrected chi connectivity index (χ0v) is 14.8. The van der Waals surface area contributed by atoms with E-state index in [4.69, 9.17) is 5.73 Å². The first-order chi connectivity index (χ1) is 10.2. The molecule has 2 nitrogen and oxygen atoms in total. The standard InChI is InChI=1S/C19H41NO/c1-3-4-5-6-7-8-9-10-11-12-13-14-15-16-17-19(21)18(2)20/h18-19,21H,3-17,20H2,1-2H3/t18-,19+/m0/s1. The van der Waals surface area contributed by atoms with Crippen molar-refractivity contribution in [3.63, 3.8) is 0 Å². The summed E-state index contributed by atoms with van der Waals surface area (Å²) in [4.78, 5) is 0. The van der Waals surface area contributed by atoms with Crippen LogP contribution in [-0.4, -0.2) is 17.3 Å². The van der Waals surface area contributed by atoms with Gasteiger partial charge in [0.05, 0.1) is 6.10 Å². The zero-order valence-electron chi connectivity index (χ0n) is 14.8. The molecule has 21 heavy (non-hydrogen) atoms. The molecular weight excluding hydrogens is 258 g/mol. The number of hydrogen-bond donors (Lipinski definition) is 2. The molecule has 0 spiro atoms. The van der Waals surface area contributed by atoms with Crippen LogP contribution in [0.4, 0.5) is 0 Å². The maximum Gasteiger partial charge on any atom is 0.0688 e. The minimum absolute atomic E-state index is 0.0769. The van der Waals surface area contributed by atoms with Crippen molar-refractivity contribution in [2.45, 2.75) is 122 Å². The number of nitrogens with two attached hydrogens (primary N) is 1. The molecular formula is C19H41NO. The Bertz CT molecular complexity index is 194. The van der Waals surface area contributed by atoms with E-state index in [-0.39, 0.29) is 12.1 Å². The fourth-order valence-corrected chi connectivity index (χ4v) is 2.81. The van der Waals surface area contributed by atoms with Gasteiger partial charge in [0.15, 0.2) is 0 Å². The molecule has 3 N–H and O–H groups in total. The van der Waals surface area contributed by atoms with Crippen LogP contribution in [-0.2, 0) is 0 Å². The van der Waals surface area contributed by atoms with Gasteiger partial charge >= 0.3 is 0 Å². The number of aliphatic hydroxyl groups is 1. The van der Waals surface area contributed by atoms with Crippen LogP contribution in [0, 0.1) is 0 Å². The molecule has 0 radical (unpaired) electrons. The number of hydrogen-bond acceptors (Lipinski definition) is 2. The molecule has 0 saturated carbocycles. The highest BCUT2D eigenvalue weighted by Gasteiger charge is 2.07. The van der Waals surface area contributed by atoms with Gasteiger partial charge in [0, 0.05) is 6.04 Å². The van der Waals surface area contributed by atoms with Gasteiger partial charge in [-0.15, -0.1) is 0 Å². The highest BCUT2D eigenvalue weighted by Crippen LogP contribution is 2.13. The molecule has 0 heterocycles. The van der Waals surface area contributed by atoms with Crippen molar-refractivity contribution in [1.29, 1.82) is 0 Å². The largest absolute Gasteiger partial charge is 0.392 e. The summed E-state index contributed by atoms with van der Waals surface area (Å²) in [6, 6.07) is -0.0769. The molecule has 0 aromatic heterocycles. The normalized spacial score (nSPS) is 14.3. The SMILES string of the molecule is CCCCCCCCCCCCCCCC[C@@H](O)[C@H](C)N. The van der Waals surface area contributed by atoms with Crippen LogP contribution in [0.1, 0.15) is 110 Å². The maximum absolute atomic E-state index is 9.59. The van der Waals surface area contributed by atoms with Crippen LogP contribution >= 0.6 is 0 Å². The minimum Gasteiger partial charge on any atom is -0.392 e. The van der Waals surface area contributed by atoms with E-state index in [0.29, 0.717) is 0 Å². The van der Waals surface area contributed by atoms with E-state index in [1.54, 1.807) is 0 Å². The van der Waals surface area contributed by atoms with Crippen molar-refractivity contribution in [1.82, 2.24) is 0 Å². The highest BCUT2D eigenvalue weighted by molar-refractivity contribution is 4.65. The second-order valence-corrected chi connectivity index (χ2v) is 6.81. The lowest BCUT2D eigenvalue weighted by molar-refractivity contribution is 0.138. The van der Waals surface area contributed by atoms with E-state index in [1.165, 1.54) is 83.5 Å². The Morgan fingerprint density at radius 3 is 1.33 bits per heavy atom. The summed E-state index contributed by atoms with van der Waals surface area (Å²) in [6.45, 7) is 4.16. The Morgan fingerprint density at radius 2 is 1.00 bits per heavy atom. The van der Waals surface area contributed by atoms with Gasteiger partial charge in [-0.3, -0.25) is 0 Å². The molecule has 0 bridgehead atoms. The highest BCUT2D eigenvalue weighted by atomic mass is 16.3. The molecule has 2 atom stereocenters. The van der Waals surface area contributed by atoms with Gasteiger partial charge in [0.2, 0.25) is 0 Å². The third-order valence-electron chi connectivity index (χ3n) is 4.46. The lowest BCUT2D eigenvalue weighted by atomic mass is 10.0. The van der Waals surface area contributed by atoms with Crippen molar-refractivity contribution < 1.29 is 5.11 Å². The Balaban J connectivity index is 3.03. The third kappa shape index (κ3) is 16.1. The molecule has 128 valence electrons. The third-order valence-corrected chi connectivity index (χ3v) is 4.46. The van der Waals surface area contributed by atoms with Crippen molar-refractivity contribution >= 4 is 0 Å². The summed E-state index contributed by atoms with van der Waals surface area (Å²) >= 11 is 0. The predicted molar refractivity (Wildman–Crippen MR) is 94.6 cm³/mol. The van der Waals surface area contributed by atoms with Crippen LogP contribution in [0.25, 0.3) is 0 Å². The first-order valence-electron chi connectivity index (χ1n) is 9.62. The Morgan fingerprint density at radius 1 is 0.667 bits per heavy atom. The topological polar surface area (TPSA) is 46.2 Å². The molecule has 0 amide bonds. The second kappa shape index (κ2) is 16.3. The Kier molecular flexibility index (Phi) is 16.2. The molecule has 0 aromatic rings. The van der Waals surface area contributed by atoms with E-state index in [9.17, 15) is 5.11 Å². The van der Waals surface area contributed by atoms with Gasteiger partial charge in [-0.2, -0.15) is 0 Å². The van der Waals surface area contributed by atoms with Crippen LogP contribution in [0.2, 0.25) is 0 Å². The van der Waals surface area contributed by atoms with Gasteiger partial charge in [0.25, 0.3) is 0 Å². The summed E-state index contributed by atoms with van der Waals surface area (Å²) in [5.41, 5.74) is 5.64. The number of unbranched alkanes of at least 4 members (excludes halogenated alkanes) is 13. The first kappa shape index (κ1) is 20.9. The number of aliphatic hydroxyl groups excluding tert-OH is 1. The van der Waals surface area contributed by atoms with E-state index in [1.807, 2.05) is 6.92 Å². The van der Waals surface area contributed by atoms with Gasteiger partial charge < -0.3 is 10.8 Å². The fraction of sp³-hybridized carbons (Fsp3) is 1.00. The van der Waals surface area contributed by atoms with E-state index < -0.39 is 0 Å². The Hall–Kier alpha value is -0.0800. The molecule has 0 unspecified atom stereocenters. The van der Waals surface area contributed by atoms with Crippen LogP contribution in [0.5, 0.6) is 0 Å². The van der Waals surface area contributed by atoms with Gasteiger partial charge in [-0.1, -0.05) is 96.8 Å². The average Bonchev–Trinajstić information content (AvgIpc) is 2.47. The summed E-state index contributed by atoms with van der Waals surface area (Å²) < 4.78 is 0. The summed E-state index contributed by atoms with van der Waals surface area (Å²) in [7, 11) is 0. The Labute approximate surface area is 133 Å². The monoisotopic (exact) mass is 299 g/mol. The molecule has 0 saturated heterocycles. The van der Waals surface area contributed by atoms with E-state index >= 15 is 0 Å². The predicted octanol–water partition coefficient (Wildman–Crippen LogP) is 5.57. The van der Waals surface area contributed by atoms with Crippen molar-refractivity contribution in [2.24, 2.45) is 5.73 Å². The quantitative estimate of drug-likeness (QED) is 0.366. The van der Waals surface area contributed by atoms with Gasteiger partial charge in [0.1, 0.15) is 0 Å². The van der Waals surface area contributed by atoms with Gasteiger partial charge in [-0.05, 0) is 13.3 Å². The maximum atomic E-state index is 9.59. The summed E-state index contributed by atoms with van der Waals surface area (Å²) in [5, 5.41) is 9.59. The molecule has 0 aliphatic rings. The molecule has 0 aliphatic carbocycles. The van der Waals surface area contributed by atoms with Crippen LogP contribution in [0.3, 0.4) is 0 Å². The van der Waals surface area contributed by atoms with Crippen LogP contribution in [0.15, 0.2) is 0 Å². The molecule has 0 aromatic carbocycles.